The van der Waals surface area contributed by atoms with Gasteiger partial charge in [0.15, 0.2) is 0 Å². The highest BCUT2D eigenvalue weighted by Crippen LogP contribution is 2.48. The second-order valence-corrected chi connectivity index (χ2v) is 17.0. The summed E-state index contributed by atoms with van der Waals surface area (Å²) in [5, 5.41) is 10.2. The Bertz CT molecular complexity index is 3620. The van der Waals surface area contributed by atoms with Crippen LogP contribution in [-0.2, 0) is 0 Å². The molecule has 0 bridgehead atoms. The van der Waals surface area contributed by atoms with Crippen molar-refractivity contribution in [1.29, 1.82) is 0 Å². The summed E-state index contributed by atoms with van der Waals surface area (Å²) in [4.78, 5) is 2.47. The first kappa shape index (κ1) is 36.1. The molecule has 0 atom stereocenters. The van der Waals surface area contributed by atoms with Crippen molar-refractivity contribution in [3.05, 3.63) is 237 Å². The van der Waals surface area contributed by atoms with E-state index in [4.69, 9.17) is 0 Å². The van der Waals surface area contributed by atoms with Crippen molar-refractivity contribution >= 4 is 80.9 Å². The van der Waals surface area contributed by atoms with Crippen molar-refractivity contribution in [2.75, 3.05) is 4.90 Å². The molecule has 0 aliphatic carbocycles. The maximum Gasteiger partial charge on any atom is 0.0640 e. The lowest BCUT2D eigenvalue weighted by Crippen LogP contribution is -2.10. The molecule has 2 heteroatoms. The van der Waals surface area contributed by atoms with Crippen LogP contribution in [0.4, 0.5) is 17.1 Å². The first-order valence-corrected chi connectivity index (χ1v) is 22.1. The van der Waals surface area contributed by atoms with Crippen molar-refractivity contribution in [2.45, 2.75) is 0 Å². The molecule has 0 saturated heterocycles. The van der Waals surface area contributed by atoms with E-state index >= 15 is 0 Å². The smallest absolute Gasteiger partial charge is 0.0640 e. The normalized spacial score (nSPS) is 11.5. The van der Waals surface area contributed by atoms with Gasteiger partial charge in [-0.2, -0.15) is 0 Å². The van der Waals surface area contributed by atoms with Crippen LogP contribution >= 0.6 is 11.3 Å². The zero-order valence-electron chi connectivity index (χ0n) is 33.9. The van der Waals surface area contributed by atoms with Gasteiger partial charge >= 0.3 is 0 Å². The van der Waals surface area contributed by atoms with E-state index in [1.165, 1.54) is 97.0 Å². The summed E-state index contributed by atoms with van der Waals surface area (Å²) in [7, 11) is 0. The Morgan fingerprint density at radius 2 is 0.806 bits per heavy atom. The van der Waals surface area contributed by atoms with E-state index in [-0.39, 0.29) is 0 Å². The van der Waals surface area contributed by atoms with E-state index < -0.39 is 0 Å². The number of rotatable bonds is 7. The molecule has 1 aromatic heterocycles. The van der Waals surface area contributed by atoms with Crippen LogP contribution in [0.3, 0.4) is 0 Å². The molecule has 0 saturated carbocycles. The molecule has 1 heterocycles. The van der Waals surface area contributed by atoms with E-state index in [2.05, 4.69) is 241 Å². The summed E-state index contributed by atoms with van der Waals surface area (Å²) in [5.41, 5.74) is 13.0. The Morgan fingerprint density at radius 3 is 1.58 bits per heavy atom. The highest BCUT2D eigenvalue weighted by Gasteiger charge is 2.21. The van der Waals surface area contributed by atoms with Gasteiger partial charge in [0.25, 0.3) is 0 Å². The minimum atomic E-state index is 1.10. The van der Waals surface area contributed by atoms with Crippen LogP contribution in [0.5, 0.6) is 0 Å². The van der Waals surface area contributed by atoms with E-state index in [0.717, 1.165) is 17.1 Å². The third-order valence-corrected chi connectivity index (χ3v) is 13.7. The highest BCUT2D eigenvalue weighted by atomic mass is 32.1. The Kier molecular flexibility index (Phi) is 8.76. The summed E-state index contributed by atoms with van der Waals surface area (Å²) in [6.45, 7) is 0. The first-order valence-electron chi connectivity index (χ1n) is 21.3. The zero-order chi connectivity index (χ0) is 41.0. The monoisotopic (exact) mass is 805 g/mol. The molecular weight excluding hydrogens is 767 g/mol. The molecular formula is C60H39NS. The Morgan fingerprint density at radius 1 is 0.258 bits per heavy atom. The van der Waals surface area contributed by atoms with Crippen LogP contribution in [0, 0.1) is 0 Å². The minimum absolute atomic E-state index is 1.10. The minimum Gasteiger partial charge on any atom is -0.309 e. The molecule has 0 spiro atoms. The van der Waals surface area contributed by atoms with E-state index in [1.54, 1.807) is 0 Å². The van der Waals surface area contributed by atoms with Crippen molar-refractivity contribution in [1.82, 2.24) is 0 Å². The van der Waals surface area contributed by atoms with Gasteiger partial charge in [-0.1, -0.05) is 200 Å². The average molecular weight is 806 g/mol. The summed E-state index contributed by atoms with van der Waals surface area (Å²) < 4.78 is 2.59. The van der Waals surface area contributed by atoms with Gasteiger partial charge in [-0.3, -0.25) is 0 Å². The van der Waals surface area contributed by atoms with Crippen molar-refractivity contribution in [3.63, 3.8) is 0 Å². The molecule has 1 nitrogen and oxygen atoms in total. The Balaban J connectivity index is 1.06. The van der Waals surface area contributed by atoms with Crippen LogP contribution in [0.2, 0.25) is 0 Å². The Labute approximate surface area is 365 Å². The number of nitrogens with zero attached hydrogens (tertiary/aromatic N) is 1. The second-order valence-electron chi connectivity index (χ2n) is 16.0. The van der Waals surface area contributed by atoms with Gasteiger partial charge in [0.1, 0.15) is 0 Å². The first-order chi connectivity index (χ1) is 30.8. The third kappa shape index (κ3) is 6.07. The SMILES string of the molecule is c1ccc(-c2ccc(N(c3ccc(-c4ccccc4-c4cc5ccccc5c5ccccc45)cc3)c3cccc4c3sc3c5ccccc5ccc43)cc2-c2ccccc2)cc1. The van der Waals surface area contributed by atoms with E-state index in [0.29, 0.717) is 0 Å². The topological polar surface area (TPSA) is 3.24 Å². The molecule has 12 rings (SSSR count). The molecule has 0 N–H and O–H groups in total. The van der Waals surface area contributed by atoms with E-state index in [1.807, 2.05) is 11.3 Å². The van der Waals surface area contributed by atoms with Gasteiger partial charge in [0, 0.05) is 26.8 Å². The summed E-state index contributed by atoms with van der Waals surface area (Å²) >= 11 is 1.90. The number of fused-ring (bicyclic) bond motifs is 8. The largest absolute Gasteiger partial charge is 0.309 e. The fraction of sp³-hybridized carbons (Fsp3) is 0. The Hall–Kier alpha value is -7.78. The standard InChI is InChI=1S/C60H39NS/c1-3-16-40(17-4-1)49-37-35-46(39-56(49)41-18-5-2-6-19-41)61(58-29-15-28-54-55-36-32-42-20-7-10-24-50(42)59(55)62-60(54)58)45-33-30-43(31-34-45)47-22-11-12-26-52(47)57-38-44-21-8-9-23-48(44)51-25-13-14-27-53(51)57/h1-39H. The van der Waals surface area contributed by atoms with Gasteiger partial charge in [0.2, 0.25) is 0 Å². The summed E-state index contributed by atoms with van der Waals surface area (Å²) in [6.07, 6.45) is 0. The molecule has 0 aliphatic heterocycles. The van der Waals surface area contributed by atoms with Crippen molar-refractivity contribution in [2.24, 2.45) is 0 Å². The van der Waals surface area contributed by atoms with Gasteiger partial charge in [-0.25, -0.2) is 0 Å². The highest BCUT2D eigenvalue weighted by molar-refractivity contribution is 7.27. The van der Waals surface area contributed by atoms with Gasteiger partial charge in [0.05, 0.1) is 10.4 Å². The summed E-state index contributed by atoms with van der Waals surface area (Å²) in [5.74, 6) is 0. The predicted molar refractivity (Wildman–Crippen MR) is 268 cm³/mol. The molecule has 12 aromatic rings. The molecule has 0 amide bonds. The zero-order valence-corrected chi connectivity index (χ0v) is 34.7. The lowest BCUT2D eigenvalue weighted by molar-refractivity contribution is 1.30. The molecule has 0 aliphatic rings. The lowest BCUT2D eigenvalue weighted by Gasteiger charge is -2.27. The maximum absolute atomic E-state index is 2.47. The molecule has 0 unspecified atom stereocenters. The fourth-order valence-electron chi connectivity index (χ4n) is 9.55. The van der Waals surface area contributed by atoms with Crippen molar-refractivity contribution in [3.8, 4) is 44.5 Å². The molecule has 11 aromatic carbocycles. The third-order valence-electron chi connectivity index (χ3n) is 12.5. The lowest BCUT2D eigenvalue weighted by atomic mass is 9.89. The number of anilines is 3. The quantitative estimate of drug-likeness (QED) is 0.145. The molecule has 0 fully saturated rings. The van der Waals surface area contributed by atoms with Crippen LogP contribution in [0.1, 0.15) is 0 Å². The molecule has 0 radical (unpaired) electrons. The number of hydrogen-bond donors (Lipinski definition) is 0. The predicted octanol–water partition coefficient (Wildman–Crippen LogP) is 17.7. The molecule has 290 valence electrons. The fourth-order valence-corrected chi connectivity index (χ4v) is 10.9. The van der Waals surface area contributed by atoms with Gasteiger partial charge < -0.3 is 4.90 Å². The van der Waals surface area contributed by atoms with Gasteiger partial charge in [-0.15, -0.1) is 11.3 Å². The van der Waals surface area contributed by atoms with Crippen LogP contribution < -0.4 is 4.90 Å². The van der Waals surface area contributed by atoms with Gasteiger partial charge in [-0.05, 0) is 113 Å². The number of thiophene rings is 1. The van der Waals surface area contributed by atoms with E-state index in [9.17, 15) is 0 Å². The second kappa shape index (κ2) is 15.0. The van der Waals surface area contributed by atoms with Crippen molar-refractivity contribution < 1.29 is 0 Å². The summed E-state index contributed by atoms with van der Waals surface area (Å²) in [6, 6.07) is 86.7. The van der Waals surface area contributed by atoms with Crippen LogP contribution in [0.15, 0.2) is 237 Å². The number of hydrogen-bond acceptors (Lipinski definition) is 2. The van der Waals surface area contributed by atoms with Crippen LogP contribution in [-0.4, -0.2) is 0 Å². The number of benzene rings is 11. The average Bonchev–Trinajstić information content (AvgIpc) is 3.75. The molecule has 62 heavy (non-hydrogen) atoms. The van der Waals surface area contributed by atoms with Crippen LogP contribution in [0.25, 0.3) is 97.0 Å². The maximum atomic E-state index is 2.47.